The van der Waals surface area contributed by atoms with Crippen LogP contribution >= 0.6 is 0 Å². The summed E-state index contributed by atoms with van der Waals surface area (Å²) in [6.07, 6.45) is 1.09. The van der Waals surface area contributed by atoms with Gasteiger partial charge >= 0.3 is 0 Å². The molecule has 0 aliphatic carbocycles. The van der Waals surface area contributed by atoms with E-state index in [0.717, 1.165) is 35.2 Å². The molecule has 0 radical (unpaired) electrons. The van der Waals surface area contributed by atoms with Crippen LogP contribution in [0.25, 0.3) is 10.9 Å². The minimum atomic E-state index is -0.335. The minimum Gasteiger partial charge on any atom is -0.311 e. The largest absolute Gasteiger partial charge is 0.311 e. The molecule has 1 aliphatic rings. The first-order valence-electron chi connectivity index (χ1n) is 7.84. The number of aromatic nitrogens is 1. The Morgan fingerprint density at radius 3 is 2.78 bits per heavy atom. The smallest absolute Gasteiger partial charge is 0.235 e. The third-order valence-electron chi connectivity index (χ3n) is 4.45. The Kier molecular flexibility index (Phi) is 3.46. The van der Waals surface area contributed by atoms with Crippen molar-refractivity contribution in [3.05, 3.63) is 71.2 Å². The molecular weight excluding hydrogens is 291 g/mol. The highest BCUT2D eigenvalue weighted by Crippen LogP contribution is 2.30. The van der Waals surface area contributed by atoms with Gasteiger partial charge in [0.25, 0.3) is 0 Å². The molecule has 0 saturated heterocycles. The Labute approximate surface area is 133 Å². The van der Waals surface area contributed by atoms with Crippen LogP contribution < -0.4 is 5.32 Å². The van der Waals surface area contributed by atoms with E-state index in [0.29, 0.717) is 12.1 Å². The number of para-hydroxylation sites is 1. The fourth-order valence-electron chi connectivity index (χ4n) is 3.42. The lowest BCUT2D eigenvalue weighted by atomic mass is 10.0. The van der Waals surface area contributed by atoms with E-state index in [1.54, 1.807) is 10.6 Å². The van der Waals surface area contributed by atoms with E-state index in [4.69, 9.17) is 0 Å². The van der Waals surface area contributed by atoms with Crippen LogP contribution in [0.15, 0.2) is 48.5 Å². The second kappa shape index (κ2) is 5.63. The zero-order valence-corrected chi connectivity index (χ0v) is 12.7. The molecule has 2 aromatic carbocycles. The maximum Gasteiger partial charge on any atom is 0.235 e. The van der Waals surface area contributed by atoms with Gasteiger partial charge in [-0.05, 0) is 30.2 Å². The van der Waals surface area contributed by atoms with Crippen molar-refractivity contribution in [2.24, 2.45) is 0 Å². The fourth-order valence-corrected chi connectivity index (χ4v) is 3.42. The van der Waals surface area contributed by atoms with Gasteiger partial charge in [0.05, 0.1) is 11.9 Å². The van der Waals surface area contributed by atoms with Crippen molar-refractivity contribution in [1.29, 1.82) is 0 Å². The number of carbonyl (C=O) groups is 1. The van der Waals surface area contributed by atoms with Gasteiger partial charge in [0, 0.05) is 17.6 Å². The number of rotatable bonds is 2. The van der Waals surface area contributed by atoms with Gasteiger partial charge in [0.1, 0.15) is 5.82 Å². The Balaban J connectivity index is 1.87. The molecular formula is C19H17FN2O. The van der Waals surface area contributed by atoms with E-state index in [9.17, 15) is 9.18 Å². The Morgan fingerprint density at radius 1 is 1.13 bits per heavy atom. The second-order valence-corrected chi connectivity index (χ2v) is 5.88. The maximum atomic E-state index is 14.4. The molecule has 23 heavy (non-hydrogen) atoms. The topological polar surface area (TPSA) is 34.0 Å². The molecule has 3 aromatic rings. The molecule has 3 nitrogen and oxygen atoms in total. The highest BCUT2D eigenvalue weighted by molar-refractivity contribution is 5.97. The van der Waals surface area contributed by atoms with E-state index in [2.05, 4.69) is 5.32 Å². The van der Waals surface area contributed by atoms with Gasteiger partial charge in [-0.25, -0.2) is 4.39 Å². The molecule has 0 spiro atoms. The van der Waals surface area contributed by atoms with Gasteiger partial charge in [-0.1, -0.05) is 42.5 Å². The van der Waals surface area contributed by atoms with E-state index >= 15 is 0 Å². The van der Waals surface area contributed by atoms with Crippen molar-refractivity contribution < 1.29 is 9.18 Å². The van der Waals surface area contributed by atoms with Gasteiger partial charge in [-0.3, -0.25) is 9.36 Å². The van der Waals surface area contributed by atoms with Crippen molar-refractivity contribution in [2.75, 3.05) is 6.54 Å². The summed E-state index contributed by atoms with van der Waals surface area (Å²) >= 11 is 0. The van der Waals surface area contributed by atoms with Crippen molar-refractivity contribution in [1.82, 2.24) is 9.88 Å². The first-order chi connectivity index (χ1) is 11.3. The molecule has 0 unspecified atom stereocenters. The number of benzene rings is 2. The third-order valence-corrected chi connectivity index (χ3v) is 4.45. The van der Waals surface area contributed by atoms with E-state index in [1.165, 1.54) is 6.07 Å². The maximum absolute atomic E-state index is 14.4. The molecule has 0 saturated carbocycles. The van der Waals surface area contributed by atoms with E-state index in [1.807, 2.05) is 36.4 Å². The fraction of sp³-hybridized carbons (Fsp3) is 0.211. The standard InChI is InChI=1S/C19H17FN2O/c20-16-8-4-7-15-14-9-10-21-12-17(14)22(19(15)16)18(23)11-13-5-2-1-3-6-13/h1-8,21H,9-12H2. The average molecular weight is 308 g/mol. The van der Waals surface area contributed by atoms with Crippen molar-refractivity contribution in [3.63, 3.8) is 0 Å². The molecule has 1 aromatic heterocycles. The zero-order chi connectivity index (χ0) is 15.8. The normalized spacial score (nSPS) is 14.0. The predicted molar refractivity (Wildman–Crippen MR) is 88.1 cm³/mol. The van der Waals surface area contributed by atoms with Crippen LogP contribution in [0.1, 0.15) is 21.6 Å². The number of halogens is 1. The Morgan fingerprint density at radius 2 is 1.96 bits per heavy atom. The summed E-state index contributed by atoms with van der Waals surface area (Å²) in [5.74, 6) is -0.422. The highest BCUT2D eigenvalue weighted by atomic mass is 19.1. The van der Waals surface area contributed by atoms with Gasteiger partial charge in [0.2, 0.25) is 5.91 Å². The summed E-state index contributed by atoms with van der Waals surface area (Å²) in [7, 11) is 0. The predicted octanol–water partition coefficient (Wildman–Crippen LogP) is 3.31. The number of nitrogens with one attached hydrogen (secondary N) is 1. The van der Waals surface area contributed by atoms with E-state index in [-0.39, 0.29) is 18.1 Å². The van der Waals surface area contributed by atoms with Crippen molar-refractivity contribution in [2.45, 2.75) is 19.4 Å². The number of hydrogen-bond donors (Lipinski definition) is 1. The zero-order valence-electron chi connectivity index (χ0n) is 12.7. The number of carbonyl (C=O) groups excluding carboxylic acids is 1. The summed E-state index contributed by atoms with van der Waals surface area (Å²) in [6, 6.07) is 14.6. The van der Waals surface area contributed by atoms with Crippen LogP contribution in [0.4, 0.5) is 4.39 Å². The SMILES string of the molecule is O=C(Cc1ccccc1)n1c2c(c3cccc(F)c31)CCNC2. The lowest BCUT2D eigenvalue weighted by Gasteiger charge is -2.16. The summed E-state index contributed by atoms with van der Waals surface area (Å²) in [5.41, 5.74) is 3.35. The van der Waals surface area contributed by atoms with Gasteiger partial charge in [0.15, 0.2) is 0 Å². The molecule has 0 amide bonds. The molecule has 2 heterocycles. The molecule has 0 bridgehead atoms. The van der Waals surface area contributed by atoms with Crippen LogP contribution in [-0.2, 0) is 19.4 Å². The monoisotopic (exact) mass is 308 g/mol. The first-order valence-corrected chi connectivity index (χ1v) is 7.84. The second-order valence-electron chi connectivity index (χ2n) is 5.88. The van der Waals surface area contributed by atoms with Crippen LogP contribution in [-0.4, -0.2) is 17.0 Å². The molecule has 0 fully saturated rings. The molecule has 0 atom stereocenters. The molecule has 116 valence electrons. The van der Waals surface area contributed by atoms with Crippen LogP contribution in [0.3, 0.4) is 0 Å². The molecule has 1 aliphatic heterocycles. The van der Waals surface area contributed by atoms with Crippen molar-refractivity contribution >= 4 is 16.8 Å². The summed E-state index contributed by atoms with van der Waals surface area (Å²) < 4.78 is 16.0. The highest BCUT2D eigenvalue weighted by Gasteiger charge is 2.25. The lowest BCUT2D eigenvalue weighted by molar-refractivity contribution is 0.0914. The van der Waals surface area contributed by atoms with Crippen LogP contribution in [0.2, 0.25) is 0 Å². The van der Waals surface area contributed by atoms with Gasteiger partial charge in [-0.15, -0.1) is 0 Å². The Bertz CT molecular complexity index is 883. The number of nitrogens with zero attached hydrogens (tertiary/aromatic N) is 1. The quantitative estimate of drug-likeness (QED) is 0.788. The Hall–Kier alpha value is -2.46. The van der Waals surface area contributed by atoms with Gasteiger partial charge in [-0.2, -0.15) is 0 Å². The number of hydrogen-bond acceptors (Lipinski definition) is 2. The lowest BCUT2D eigenvalue weighted by Crippen LogP contribution is -2.27. The third kappa shape index (κ3) is 2.35. The summed E-state index contributed by atoms with van der Waals surface area (Å²) in [5, 5.41) is 4.15. The molecule has 4 rings (SSSR count). The summed E-state index contributed by atoms with van der Waals surface area (Å²) in [6.45, 7) is 1.46. The number of fused-ring (bicyclic) bond motifs is 3. The van der Waals surface area contributed by atoms with E-state index < -0.39 is 0 Å². The first kappa shape index (κ1) is 14.2. The summed E-state index contributed by atoms with van der Waals surface area (Å²) in [4.78, 5) is 12.9. The van der Waals surface area contributed by atoms with Gasteiger partial charge < -0.3 is 5.32 Å². The van der Waals surface area contributed by atoms with Crippen LogP contribution in [0, 0.1) is 5.82 Å². The average Bonchev–Trinajstić information content (AvgIpc) is 2.92. The molecule has 1 N–H and O–H groups in total. The van der Waals surface area contributed by atoms with Crippen molar-refractivity contribution in [3.8, 4) is 0 Å². The van der Waals surface area contributed by atoms with Crippen LogP contribution in [0.5, 0.6) is 0 Å². The minimum absolute atomic E-state index is 0.0868. The molecule has 4 heteroatoms.